The van der Waals surface area contributed by atoms with E-state index in [0.717, 1.165) is 25.1 Å². The number of nitrogens with one attached hydrogen (secondary N) is 1. The van der Waals surface area contributed by atoms with Crippen molar-refractivity contribution in [3.63, 3.8) is 0 Å². The van der Waals surface area contributed by atoms with Crippen molar-refractivity contribution in [3.05, 3.63) is 47.3 Å². The van der Waals surface area contributed by atoms with Crippen LogP contribution in [0.4, 0.5) is 0 Å². The predicted octanol–water partition coefficient (Wildman–Crippen LogP) is 2.31. The molecule has 0 spiro atoms. The van der Waals surface area contributed by atoms with Crippen LogP contribution in [0.1, 0.15) is 29.4 Å². The summed E-state index contributed by atoms with van der Waals surface area (Å²) >= 11 is 5.90. The SMILES string of the molecule is CCc1cc(C(=O)NCCCn2ccnc2)cc(Cl)n1. The van der Waals surface area contributed by atoms with Gasteiger partial charge in [0, 0.05) is 36.7 Å². The number of rotatable bonds is 6. The Labute approximate surface area is 123 Å². The highest BCUT2D eigenvalue weighted by Crippen LogP contribution is 2.11. The van der Waals surface area contributed by atoms with Crippen LogP contribution in [0.3, 0.4) is 0 Å². The van der Waals surface area contributed by atoms with Crippen LogP contribution >= 0.6 is 11.6 Å². The Morgan fingerprint density at radius 1 is 1.45 bits per heavy atom. The maximum atomic E-state index is 12.0. The van der Waals surface area contributed by atoms with Gasteiger partial charge in [0.15, 0.2) is 0 Å². The summed E-state index contributed by atoms with van der Waals surface area (Å²) in [6, 6.07) is 3.36. The Hall–Kier alpha value is -1.88. The third-order valence-electron chi connectivity index (χ3n) is 2.91. The Balaban J connectivity index is 1.83. The number of carbonyl (C=O) groups is 1. The van der Waals surface area contributed by atoms with Crippen molar-refractivity contribution in [2.75, 3.05) is 6.54 Å². The fourth-order valence-corrected chi connectivity index (χ4v) is 2.07. The van der Waals surface area contributed by atoms with Gasteiger partial charge in [0.1, 0.15) is 5.15 Å². The molecule has 2 aromatic rings. The molecular weight excluding hydrogens is 276 g/mol. The van der Waals surface area contributed by atoms with Gasteiger partial charge in [0.2, 0.25) is 0 Å². The second-order valence-corrected chi connectivity index (χ2v) is 4.82. The summed E-state index contributed by atoms with van der Waals surface area (Å²) in [6.07, 6.45) is 7.00. The van der Waals surface area contributed by atoms with Gasteiger partial charge in [-0.15, -0.1) is 0 Å². The number of carbonyl (C=O) groups excluding carboxylic acids is 1. The van der Waals surface area contributed by atoms with Crippen LogP contribution < -0.4 is 5.32 Å². The highest BCUT2D eigenvalue weighted by molar-refractivity contribution is 6.29. The van der Waals surface area contributed by atoms with Crippen molar-refractivity contribution >= 4 is 17.5 Å². The minimum Gasteiger partial charge on any atom is -0.352 e. The topological polar surface area (TPSA) is 59.8 Å². The van der Waals surface area contributed by atoms with E-state index in [0.29, 0.717) is 17.3 Å². The van der Waals surface area contributed by atoms with E-state index in [2.05, 4.69) is 15.3 Å². The van der Waals surface area contributed by atoms with Crippen molar-refractivity contribution in [2.45, 2.75) is 26.3 Å². The zero-order chi connectivity index (χ0) is 14.4. The van der Waals surface area contributed by atoms with Crippen molar-refractivity contribution in [2.24, 2.45) is 0 Å². The van der Waals surface area contributed by atoms with Crippen molar-refractivity contribution in [1.29, 1.82) is 0 Å². The molecule has 2 aromatic heterocycles. The van der Waals surface area contributed by atoms with Crippen LogP contribution in [0.25, 0.3) is 0 Å². The van der Waals surface area contributed by atoms with E-state index in [1.807, 2.05) is 17.7 Å². The molecule has 0 unspecified atom stereocenters. The van der Waals surface area contributed by atoms with E-state index >= 15 is 0 Å². The Morgan fingerprint density at radius 2 is 2.30 bits per heavy atom. The van der Waals surface area contributed by atoms with Crippen LogP contribution in [0.15, 0.2) is 30.9 Å². The summed E-state index contributed by atoms with van der Waals surface area (Å²) in [6.45, 7) is 3.42. The molecule has 0 fully saturated rings. The molecule has 0 saturated carbocycles. The number of amides is 1. The molecular formula is C14H17ClN4O. The number of hydrogen-bond donors (Lipinski definition) is 1. The number of aromatic nitrogens is 3. The molecule has 0 aromatic carbocycles. The van der Waals surface area contributed by atoms with Crippen LogP contribution in [0, 0.1) is 0 Å². The standard InChI is InChI=1S/C14H17ClN4O/c1-2-12-8-11(9-13(15)18-12)14(20)17-4-3-6-19-7-5-16-10-19/h5,7-10H,2-4,6H2,1H3,(H,17,20). The van der Waals surface area contributed by atoms with Gasteiger partial charge in [-0.25, -0.2) is 9.97 Å². The van der Waals surface area contributed by atoms with Crippen molar-refractivity contribution in [3.8, 4) is 0 Å². The van der Waals surface area contributed by atoms with Crippen LogP contribution in [-0.2, 0) is 13.0 Å². The second-order valence-electron chi connectivity index (χ2n) is 4.43. The molecule has 1 amide bonds. The van der Waals surface area contributed by atoms with E-state index in [9.17, 15) is 4.79 Å². The zero-order valence-corrected chi connectivity index (χ0v) is 12.1. The van der Waals surface area contributed by atoms with Gasteiger partial charge in [-0.1, -0.05) is 18.5 Å². The predicted molar refractivity (Wildman–Crippen MR) is 77.8 cm³/mol. The van der Waals surface area contributed by atoms with Crippen LogP contribution in [0.2, 0.25) is 5.15 Å². The Kier molecular flexibility index (Phi) is 5.12. The maximum Gasteiger partial charge on any atom is 0.251 e. The molecule has 0 aliphatic rings. The zero-order valence-electron chi connectivity index (χ0n) is 11.3. The number of hydrogen-bond acceptors (Lipinski definition) is 3. The molecule has 20 heavy (non-hydrogen) atoms. The first-order chi connectivity index (χ1) is 9.69. The summed E-state index contributed by atoms with van der Waals surface area (Å²) in [5.74, 6) is -0.116. The number of pyridine rings is 1. The Morgan fingerprint density at radius 3 is 3.00 bits per heavy atom. The largest absolute Gasteiger partial charge is 0.352 e. The number of aryl methyl sites for hydroxylation is 2. The number of nitrogens with zero attached hydrogens (tertiary/aromatic N) is 3. The minimum atomic E-state index is -0.116. The molecule has 0 radical (unpaired) electrons. The highest BCUT2D eigenvalue weighted by atomic mass is 35.5. The molecule has 106 valence electrons. The van der Waals surface area contributed by atoms with Gasteiger partial charge in [-0.2, -0.15) is 0 Å². The van der Waals surface area contributed by atoms with Gasteiger partial charge < -0.3 is 9.88 Å². The average Bonchev–Trinajstić information content (AvgIpc) is 2.95. The summed E-state index contributed by atoms with van der Waals surface area (Å²) in [5.41, 5.74) is 1.38. The second kappa shape index (κ2) is 7.05. The monoisotopic (exact) mass is 292 g/mol. The smallest absolute Gasteiger partial charge is 0.251 e. The first-order valence-electron chi connectivity index (χ1n) is 6.59. The lowest BCUT2D eigenvalue weighted by atomic mass is 10.2. The molecule has 0 saturated heterocycles. The molecule has 5 nitrogen and oxygen atoms in total. The van der Waals surface area contributed by atoms with Crippen LogP contribution in [-0.4, -0.2) is 27.0 Å². The Bertz CT molecular complexity index is 569. The van der Waals surface area contributed by atoms with Gasteiger partial charge in [0.25, 0.3) is 5.91 Å². The van der Waals surface area contributed by atoms with Gasteiger partial charge in [-0.3, -0.25) is 4.79 Å². The van der Waals surface area contributed by atoms with E-state index < -0.39 is 0 Å². The quantitative estimate of drug-likeness (QED) is 0.656. The molecule has 2 heterocycles. The molecule has 6 heteroatoms. The first kappa shape index (κ1) is 14.5. The molecule has 0 bridgehead atoms. The molecule has 0 aliphatic heterocycles. The summed E-state index contributed by atoms with van der Waals surface area (Å²) in [7, 11) is 0. The van der Waals surface area contributed by atoms with Crippen molar-refractivity contribution in [1.82, 2.24) is 19.9 Å². The lowest BCUT2D eigenvalue weighted by Gasteiger charge is -2.07. The lowest BCUT2D eigenvalue weighted by Crippen LogP contribution is -2.25. The van der Waals surface area contributed by atoms with E-state index in [1.54, 1.807) is 24.7 Å². The van der Waals surface area contributed by atoms with E-state index in [-0.39, 0.29) is 5.91 Å². The van der Waals surface area contributed by atoms with Gasteiger partial charge >= 0.3 is 0 Å². The molecule has 1 N–H and O–H groups in total. The first-order valence-corrected chi connectivity index (χ1v) is 6.97. The molecule has 0 atom stereocenters. The lowest BCUT2D eigenvalue weighted by molar-refractivity contribution is 0.0952. The van der Waals surface area contributed by atoms with Gasteiger partial charge in [0.05, 0.1) is 6.33 Å². The van der Waals surface area contributed by atoms with Crippen LogP contribution in [0.5, 0.6) is 0 Å². The number of imidazole rings is 1. The number of halogens is 1. The fraction of sp³-hybridized carbons (Fsp3) is 0.357. The molecule has 2 rings (SSSR count). The van der Waals surface area contributed by atoms with Crippen molar-refractivity contribution < 1.29 is 4.79 Å². The maximum absolute atomic E-state index is 12.0. The normalized spacial score (nSPS) is 10.5. The summed E-state index contributed by atoms with van der Waals surface area (Å²) in [4.78, 5) is 20.1. The van der Waals surface area contributed by atoms with Gasteiger partial charge in [-0.05, 0) is 25.0 Å². The third-order valence-corrected chi connectivity index (χ3v) is 3.10. The van der Waals surface area contributed by atoms with E-state index in [4.69, 9.17) is 11.6 Å². The minimum absolute atomic E-state index is 0.116. The highest BCUT2D eigenvalue weighted by Gasteiger charge is 2.08. The summed E-state index contributed by atoms with van der Waals surface area (Å²) in [5, 5.41) is 3.24. The third kappa shape index (κ3) is 4.06. The average molecular weight is 293 g/mol. The molecule has 0 aliphatic carbocycles. The summed E-state index contributed by atoms with van der Waals surface area (Å²) < 4.78 is 1.98. The van der Waals surface area contributed by atoms with E-state index in [1.165, 1.54) is 0 Å². The fourth-order valence-electron chi connectivity index (χ4n) is 1.85.